The maximum atomic E-state index is 12.3. The molecular weight excluding hydrogens is 284 g/mol. The van der Waals surface area contributed by atoms with Gasteiger partial charge in [-0.25, -0.2) is 9.69 Å². The van der Waals surface area contributed by atoms with E-state index in [1.165, 1.54) is 4.90 Å². The van der Waals surface area contributed by atoms with Crippen LogP contribution in [0.5, 0.6) is 0 Å². The van der Waals surface area contributed by atoms with E-state index in [9.17, 15) is 4.79 Å². The van der Waals surface area contributed by atoms with Crippen LogP contribution < -0.4 is 4.90 Å². The number of benzene rings is 2. The van der Waals surface area contributed by atoms with Crippen LogP contribution in [0.25, 0.3) is 0 Å². The standard InChI is InChI=1S/C16H14N2O2S/c17-13-21-12-11-20-16(19)18(14-7-3-1-4-8-14)15-9-5-2-6-10-15/h1-10H,11-12H2. The lowest BCUT2D eigenvalue weighted by atomic mass is 10.2. The van der Waals surface area contributed by atoms with E-state index < -0.39 is 6.09 Å². The highest BCUT2D eigenvalue weighted by Crippen LogP contribution is 2.25. The molecule has 4 nitrogen and oxygen atoms in total. The van der Waals surface area contributed by atoms with E-state index in [-0.39, 0.29) is 6.61 Å². The second kappa shape index (κ2) is 7.98. The smallest absolute Gasteiger partial charge is 0.418 e. The molecule has 0 heterocycles. The number of thiocyanates is 1. The minimum atomic E-state index is -0.453. The number of hydrogen-bond donors (Lipinski definition) is 0. The molecule has 5 heteroatoms. The van der Waals surface area contributed by atoms with E-state index in [2.05, 4.69) is 0 Å². The summed E-state index contributed by atoms with van der Waals surface area (Å²) >= 11 is 1.06. The molecule has 0 saturated heterocycles. The van der Waals surface area contributed by atoms with Crippen molar-refractivity contribution in [3.8, 4) is 5.40 Å². The highest BCUT2D eigenvalue weighted by atomic mass is 32.2. The third-order valence-electron chi connectivity index (χ3n) is 2.69. The highest BCUT2D eigenvalue weighted by molar-refractivity contribution is 8.03. The van der Waals surface area contributed by atoms with Crippen molar-refractivity contribution in [3.63, 3.8) is 0 Å². The van der Waals surface area contributed by atoms with Crippen molar-refractivity contribution in [1.82, 2.24) is 0 Å². The van der Waals surface area contributed by atoms with Gasteiger partial charge in [-0.05, 0) is 36.0 Å². The molecule has 0 unspecified atom stereocenters. The lowest BCUT2D eigenvalue weighted by molar-refractivity contribution is 0.164. The number of carbonyl (C=O) groups excluding carboxylic acids is 1. The molecule has 1 amide bonds. The third-order valence-corrected chi connectivity index (χ3v) is 3.19. The summed E-state index contributed by atoms with van der Waals surface area (Å²) in [6.45, 7) is 0.202. The average molecular weight is 298 g/mol. The van der Waals surface area contributed by atoms with Crippen LogP contribution in [0.4, 0.5) is 16.2 Å². The summed E-state index contributed by atoms with van der Waals surface area (Å²) in [5.74, 6) is 0.458. The van der Waals surface area contributed by atoms with Crippen LogP contribution in [-0.2, 0) is 4.74 Å². The average Bonchev–Trinajstić information content (AvgIpc) is 2.54. The largest absolute Gasteiger partial charge is 0.448 e. The van der Waals surface area contributed by atoms with Gasteiger partial charge in [0, 0.05) is 5.75 Å². The summed E-state index contributed by atoms with van der Waals surface area (Å²) in [5.41, 5.74) is 1.48. The SMILES string of the molecule is N#CSCCOC(=O)N(c1ccccc1)c1ccccc1. The molecule has 0 aromatic heterocycles. The molecule has 0 spiro atoms. The minimum Gasteiger partial charge on any atom is -0.448 e. The van der Waals surface area contributed by atoms with Crippen molar-refractivity contribution >= 4 is 29.2 Å². The molecule has 0 fully saturated rings. The predicted octanol–water partition coefficient (Wildman–Crippen LogP) is 4.18. The van der Waals surface area contributed by atoms with Gasteiger partial charge in [0.25, 0.3) is 0 Å². The number of ether oxygens (including phenoxy) is 1. The fraction of sp³-hybridized carbons (Fsp3) is 0.125. The molecule has 21 heavy (non-hydrogen) atoms. The second-order valence-electron chi connectivity index (χ2n) is 4.06. The molecule has 106 valence electrons. The summed E-state index contributed by atoms with van der Waals surface area (Å²) in [7, 11) is 0. The summed E-state index contributed by atoms with van der Waals surface area (Å²) in [5, 5.41) is 10.4. The Morgan fingerprint density at radius 1 is 1.05 bits per heavy atom. The predicted molar refractivity (Wildman–Crippen MR) is 84.4 cm³/mol. The zero-order valence-electron chi connectivity index (χ0n) is 11.3. The van der Waals surface area contributed by atoms with Crippen LogP contribution in [0.15, 0.2) is 60.7 Å². The van der Waals surface area contributed by atoms with E-state index in [0.717, 1.165) is 23.1 Å². The maximum Gasteiger partial charge on any atom is 0.418 e. The van der Waals surface area contributed by atoms with Crippen molar-refractivity contribution in [2.45, 2.75) is 0 Å². The molecule has 0 radical (unpaired) electrons. The van der Waals surface area contributed by atoms with Crippen molar-refractivity contribution in [1.29, 1.82) is 5.26 Å². The van der Waals surface area contributed by atoms with E-state index in [0.29, 0.717) is 5.75 Å². The lowest BCUT2D eigenvalue weighted by Crippen LogP contribution is -2.27. The first-order valence-electron chi connectivity index (χ1n) is 6.41. The second-order valence-corrected chi connectivity index (χ2v) is 4.94. The molecule has 0 atom stereocenters. The summed E-state index contributed by atoms with van der Waals surface area (Å²) in [4.78, 5) is 13.8. The Morgan fingerprint density at radius 3 is 2.05 bits per heavy atom. The van der Waals surface area contributed by atoms with E-state index in [1.807, 2.05) is 66.1 Å². The van der Waals surface area contributed by atoms with Crippen molar-refractivity contribution < 1.29 is 9.53 Å². The lowest BCUT2D eigenvalue weighted by Gasteiger charge is -2.22. The maximum absolute atomic E-state index is 12.3. The van der Waals surface area contributed by atoms with Gasteiger partial charge < -0.3 is 4.74 Å². The van der Waals surface area contributed by atoms with Gasteiger partial charge in [-0.1, -0.05) is 36.4 Å². The van der Waals surface area contributed by atoms with Crippen molar-refractivity contribution in [2.75, 3.05) is 17.3 Å². The van der Waals surface area contributed by atoms with Crippen molar-refractivity contribution in [3.05, 3.63) is 60.7 Å². The van der Waals surface area contributed by atoms with Gasteiger partial charge >= 0.3 is 6.09 Å². The zero-order chi connectivity index (χ0) is 14.9. The van der Waals surface area contributed by atoms with Gasteiger partial charge in [0.2, 0.25) is 0 Å². The van der Waals surface area contributed by atoms with Crippen LogP contribution in [0.3, 0.4) is 0 Å². The van der Waals surface area contributed by atoms with Crippen LogP contribution >= 0.6 is 11.8 Å². The molecule has 0 saturated carbocycles. The summed E-state index contributed by atoms with van der Waals surface area (Å²) < 4.78 is 5.23. The number of thioether (sulfide) groups is 1. The first kappa shape index (κ1) is 14.9. The van der Waals surface area contributed by atoms with Gasteiger partial charge in [0.15, 0.2) is 0 Å². The van der Waals surface area contributed by atoms with Gasteiger partial charge in [-0.15, -0.1) is 0 Å². The number of amides is 1. The Kier molecular flexibility index (Phi) is 5.68. The highest BCUT2D eigenvalue weighted by Gasteiger charge is 2.18. The number of nitriles is 1. The van der Waals surface area contributed by atoms with Crippen LogP contribution in [-0.4, -0.2) is 18.5 Å². The van der Waals surface area contributed by atoms with E-state index in [1.54, 1.807) is 0 Å². The Bertz CT molecular complexity index is 572. The minimum absolute atomic E-state index is 0.202. The van der Waals surface area contributed by atoms with Gasteiger partial charge in [0.1, 0.15) is 12.0 Å². The van der Waals surface area contributed by atoms with E-state index in [4.69, 9.17) is 10.00 Å². The van der Waals surface area contributed by atoms with Crippen LogP contribution in [0.1, 0.15) is 0 Å². The van der Waals surface area contributed by atoms with E-state index >= 15 is 0 Å². The molecule has 2 aromatic rings. The monoisotopic (exact) mass is 298 g/mol. The Labute approximate surface area is 127 Å². The molecule has 0 aliphatic carbocycles. The number of rotatable bonds is 5. The van der Waals surface area contributed by atoms with Gasteiger partial charge in [0.05, 0.1) is 11.4 Å². The molecule has 0 bridgehead atoms. The first-order valence-corrected chi connectivity index (χ1v) is 7.39. The third kappa shape index (κ3) is 4.26. The number of anilines is 2. The van der Waals surface area contributed by atoms with Crippen molar-refractivity contribution in [2.24, 2.45) is 0 Å². The normalized spacial score (nSPS) is 9.67. The number of nitrogens with zero attached hydrogens (tertiary/aromatic N) is 2. The number of carbonyl (C=O) groups is 1. The van der Waals surface area contributed by atoms with Gasteiger partial charge in [-0.2, -0.15) is 5.26 Å². The molecule has 0 aliphatic heterocycles. The molecule has 2 aromatic carbocycles. The van der Waals surface area contributed by atoms with Crippen LogP contribution in [0.2, 0.25) is 0 Å². The summed E-state index contributed by atoms with van der Waals surface area (Å²) in [6.07, 6.45) is -0.453. The number of para-hydroxylation sites is 2. The fourth-order valence-electron chi connectivity index (χ4n) is 1.79. The number of hydrogen-bond acceptors (Lipinski definition) is 4. The quantitative estimate of drug-likeness (QED) is 0.614. The van der Waals surface area contributed by atoms with Gasteiger partial charge in [-0.3, -0.25) is 0 Å². The molecular formula is C16H14N2O2S. The zero-order valence-corrected chi connectivity index (χ0v) is 12.1. The molecule has 0 aliphatic rings. The molecule has 0 N–H and O–H groups in total. The van der Waals surface area contributed by atoms with Crippen LogP contribution in [0, 0.1) is 10.7 Å². The summed E-state index contributed by atoms with van der Waals surface area (Å²) in [6, 6.07) is 18.6. The topological polar surface area (TPSA) is 53.3 Å². The Morgan fingerprint density at radius 2 is 1.57 bits per heavy atom. The Balaban J connectivity index is 2.17. The fourth-order valence-corrected chi connectivity index (χ4v) is 2.05. The molecule has 2 rings (SSSR count). The Hall–Kier alpha value is -2.45. The first-order chi connectivity index (χ1) is 10.3.